The molecule has 2 aromatic carbocycles. The molecule has 0 bridgehead atoms. The molecule has 0 unspecified atom stereocenters. The van der Waals surface area contributed by atoms with Crippen LogP contribution in [0.5, 0.6) is 0 Å². The van der Waals surface area contributed by atoms with Crippen LogP contribution < -0.4 is 4.72 Å². The van der Waals surface area contributed by atoms with Crippen molar-refractivity contribution in [2.75, 3.05) is 0 Å². The Balaban J connectivity index is 1.69. The average Bonchev–Trinajstić information content (AvgIpc) is 2.97. The minimum Gasteiger partial charge on any atom is -0.338 e. The second-order valence-corrected chi connectivity index (χ2v) is 6.85. The van der Waals surface area contributed by atoms with Crippen LogP contribution in [-0.2, 0) is 21.4 Å². The van der Waals surface area contributed by atoms with E-state index >= 15 is 0 Å². The van der Waals surface area contributed by atoms with Gasteiger partial charge < -0.3 is 4.57 Å². The van der Waals surface area contributed by atoms with Gasteiger partial charge in [-0.1, -0.05) is 48.5 Å². The number of nitrogens with one attached hydrogen (secondary N) is 1. The summed E-state index contributed by atoms with van der Waals surface area (Å²) in [5.74, 6) is -0.589. The van der Waals surface area contributed by atoms with Gasteiger partial charge in [0.05, 0.1) is 5.41 Å². The van der Waals surface area contributed by atoms with Gasteiger partial charge in [0.15, 0.2) is 0 Å². The number of hydrogen-bond acceptors (Lipinski definition) is 3. The second kappa shape index (κ2) is 6.72. The summed E-state index contributed by atoms with van der Waals surface area (Å²) in [5, 5.41) is 1.99. The number of amides is 1. The molecule has 0 atom stereocenters. The number of aromatic nitrogens is 1. The number of carbonyl (C=O) groups is 1. The monoisotopic (exact) mass is 340 g/mol. The maximum atomic E-state index is 12.0. The average molecular weight is 340 g/mol. The van der Waals surface area contributed by atoms with Crippen LogP contribution >= 0.6 is 0 Å². The number of sulfonamides is 1. The summed E-state index contributed by atoms with van der Waals surface area (Å²) in [4.78, 5) is 12.0. The summed E-state index contributed by atoms with van der Waals surface area (Å²) < 4.78 is 27.7. The van der Waals surface area contributed by atoms with E-state index in [4.69, 9.17) is 0 Å². The van der Waals surface area contributed by atoms with Crippen LogP contribution in [0.25, 0.3) is 17.0 Å². The number of benzene rings is 2. The van der Waals surface area contributed by atoms with Crippen molar-refractivity contribution in [1.29, 1.82) is 0 Å². The molecular formula is C18H16N2O3S. The SMILES string of the molecule is O=C(Cn1ccc2ccccc21)NS(=O)(=O)/C=C/c1ccccc1. The van der Waals surface area contributed by atoms with Crippen molar-refractivity contribution in [3.63, 3.8) is 0 Å². The highest BCUT2D eigenvalue weighted by atomic mass is 32.2. The largest absolute Gasteiger partial charge is 0.338 e. The minimum absolute atomic E-state index is 0.0636. The Morgan fingerprint density at radius 3 is 2.50 bits per heavy atom. The fourth-order valence-corrected chi connectivity index (χ4v) is 3.18. The lowest BCUT2D eigenvalue weighted by Crippen LogP contribution is -2.31. The van der Waals surface area contributed by atoms with E-state index in [1.807, 2.05) is 48.5 Å². The number of carbonyl (C=O) groups excluding carboxylic acids is 1. The van der Waals surface area contributed by atoms with Crippen LogP contribution in [0.1, 0.15) is 5.56 Å². The van der Waals surface area contributed by atoms with Gasteiger partial charge in [0, 0.05) is 11.7 Å². The molecule has 0 saturated heterocycles. The predicted molar refractivity (Wildman–Crippen MR) is 94.5 cm³/mol. The Labute approximate surface area is 140 Å². The molecule has 0 spiro atoms. The molecule has 0 fully saturated rings. The first-order valence-electron chi connectivity index (χ1n) is 7.36. The van der Waals surface area contributed by atoms with Crippen LogP contribution in [0.4, 0.5) is 0 Å². The summed E-state index contributed by atoms with van der Waals surface area (Å²) in [6.07, 6.45) is 3.21. The van der Waals surface area contributed by atoms with E-state index in [0.29, 0.717) is 0 Å². The molecule has 24 heavy (non-hydrogen) atoms. The molecular weight excluding hydrogens is 324 g/mol. The molecule has 0 radical (unpaired) electrons. The van der Waals surface area contributed by atoms with E-state index in [2.05, 4.69) is 4.72 Å². The highest BCUT2D eigenvalue weighted by Gasteiger charge is 2.12. The van der Waals surface area contributed by atoms with Gasteiger partial charge >= 0.3 is 0 Å². The number of hydrogen-bond donors (Lipinski definition) is 1. The van der Waals surface area contributed by atoms with E-state index in [9.17, 15) is 13.2 Å². The molecule has 1 aromatic heterocycles. The molecule has 3 rings (SSSR count). The van der Waals surface area contributed by atoms with Crippen molar-refractivity contribution in [2.45, 2.75) is 6.54 Å². The molecule has 3 aromatic rings. The van der Waals surface area contributed by atoms with E-state index in [-0.39, 0.29) is 6.54 Å². The number of rotatable bonds is 5. The summed E-state index contributed by atoms with van der Waals surface area (Å²) in [6.45, 7) is -0.0636. The van der Waals surface area contributed by atoms with Crippen molar-refractivity contribution in [3.05, 3.63) is 77.8 Å². The molecule has 1 N–H and O–H groups in total. The van der Waals surface area contributed by atoms with Crippen molar-refractivity contribution >= 4 is 32.9 Å². The van der Waals surface area contributed by atoms with Crippen LogP contribution in [0.3, 0.4) is 0 Å². The first kappa shape index (κ1) is 16.0. The van der Waals surface area contributed by atoms with E-state index < -0.39 is 15.9 Å². The Morgan fingerprint density at radius 1 is 1.00 bits per heavy atom. The first-order valence-corrected chi connectivity index (χ1v) is 8.91. The third kappa shape index (κ3) is 3.91. The molecule has 122 valence electrons. The zero-order valence-corrected chi connectivity index (χ0v) is 13.6. The van der Waals surface area contributed by atoms with E-state index in [0.717, 1.165) is 21.9 Å². The van der Waals surface area contributed by atoms with Crippen molar-refractivity contribution in [2.24, 2.45) is 0 Å². The normalized spacial score (nSPS) is 11.8. The molecule has 6 heteroatoms. The maximum absolute atomic E-state index is 12.0. The highest BCUT2D eigenvalue weighted by molar-refractivity contribution is 7.93. The van der Waals surface area contributed by atoms with Gasteiger partial charge in [0.1, 0.15) is 6.54 Å². The lowest BCUT2D eigenvalue weighted by Gasteiger charge is -2.06. The highest BCUT2D eigenvalue weighted by Crippen LogP contribution is 2.14. The van der Waals surface area contributed by atoms with Crippen molar-refractivity contribution in [1.82, 2.24) is 9.29 Å². The van der Waals surface area contributed by atoms with E-state index in [1.54, 1.807) is 22.9 Å². The standard InChI is InChI=1S/C18H16N2O3S/c21-18(14-20-12-10-16-8-4-5-9-17(16)20)19-24(22,23)13-11-15-6-2-1-3-7-15/h1-13H,14H2,(H,19,21)/b13-11+. The Hall–Kier alpha value is -2.86. The van der Waals surface area contributed by atoms with Gasteiger partial charge in [-0.05, 0) is 29.2 Å². The number of fused-ring (bicyclic) bond motifs is 1. The molecule has 1 amide bonds. The Morgan fingerprint density at radius 2 is 1.71 bits per heavy atom. The molecule has 0 aliphatic heterocycles. The minimum atomic E-state index is -3.83. The van der Waals surface area contributed by atoms with Crippen LogP contribution in [0.2, 0.25) is 0 Å². The molecule has 1 heterocycles. The quantitative estimate of drug-likeness (QED) is 0.776. The summed E-state index contributed by atoms with van der Waals surface area (Å²) >= 11 is 0. The molecule has 5 nitrogen and oxygen atoms in total. The van der Waals surface area contributed by atoms with E-state index in [1.165, 1.54) is 6.08 Å². The first-order chi connectivity index (χ1) is 11.5. The second-order valence-electron chi connectivity index (χ2n) is 5.29. The zero-order valence-electron chi connectivity index (χ0n) is 12.8. The topological polar surface area (TPSA) is 68.2 Å². The number of para-hydroxylation sites is 1. The fraction of sp³-hybridized carbons (Fsp3) is 0.0556. The molecule has 0 aliphatic carbocycles. The summed E-state index contributed by atoms with van der Waals surface area (Å²) in [7, 11) is -3.83. The van der Waals surface area contributed by atoms with Crippen molar-refractivity contribution in [3.8, 4) is 0 Å². The van der Waals surface area contributed by atoms with Crippen LogP contribution in [0, 0.1) is 0 Å². The van der Waals surface area contributed by atoms with Gasteiger partial charge in [0.2, 0.25) is 0 Å². The Bertz CT molecular complexity index is 989. The summed E-state index contributed by atoms with van der Waals surface area (Å²) in [6, 6.07) is 18.5. The van der Waals surface area contributed by atoms with Gasteiger partial charge in [-0.3, -0.25) is 4.79 Å². The zero-order chi connectivity index (χ0) is 17.0. The summed E-state index contributed by atoms with van der Waals surface area (Å²) in [5.41, 5.74) is 1.62. The third-order valence-electron chi connectivity index (χ3n) is 3.49. The van der Waals surface area contributed by atoms with Gasteiger partial charge in [-0.25, -0.2) is 13.1 Å². The number of nitrogens with zero attached hydrogens (tertiary/aromatic N) is 1. The smallest absolute Gasteiger partial charge is 0.257 e. The predicted octanol–water partition coefficient (Wildman–Crippen LogP) is 2.76. The van der Waals surface area contributed by atoms with Crippen molar-refractivity contribution < 1.29 is 13.2 Å². The fourth-order valence-electron chi connectivity index (χ4n) is 2.39. The Kier molecular flexibility index (Phi) is 4.48. The third-order valence-corrected chi connectivity index (χ3v) is 4.50. The van der Waals surface area contributed by atoms with Crippen LogP contribution in [-0.4, -0.2) is 18.9 Å². The van der Waals surface area contributed by atoms with Gasteiger partial charge in [0.25, 0.3) is 15.9 Å². The van der Waals surface area contributed by atoms with Crippen LogP contribution in [0.15, 0.2) is 72.3 Å². The molecule has 0 saturated carbocycles. The lowest BCUT2D eigenvalue weighted by atomic mass is 10.2. The van der Waals surface area contributed by atoms with Gasteiger partial charge in [-0.15, -0.1) is 0 Å². The van der Waals surface area contributed by atoms with Gasteiger partial charge in [-0.2, -0.15) is 0 Å². The lowest BCUT2D eigenvalue weighted by molar-refractivity contribution is -0.119. The molecule has 0 aliphatic rings. The maximum Gasteiger partial charge on any atom is 0.257 e.